The second kappa shape index (κ2) is 7.45. The van der Waals surface area contributed by atoms with Gasteiger partial charge in [0, 0.05) is 13.1 Å². The molecule has 1 atom stereocenters. The summed E-state index contributed by atoms with van der Waals surface area (Å²) in [5.41, 5.74) is 0.362. The van der Waals surface area contributed by atoms with Crippen molar-refractivity contribution in [1.29, 1.82) is 0 Å². The molecule has 0 spiro atoms. The van der Waals surface area contributed by atoms with Gasteiger partial charge in [-0.1, -0.05) is 11.6 Å². The number of ether oxygens (including phenoxy) is 1. The molecule has 1 N–H and O–H groups in total. The summed E-state index contributed by atoms with van der Waals surface area (Å²) in [5, 5.41) is 2.83. The minimum atomic E-state index is -0.464. The minimum absolute atomic E-state index is 0.145. The molecule has 1 aromatic rings. The van der Waals surface area contributed by atoms with Crippen molar-refractivity contribution in [2.24, 2.45) is 5.92 Å². The van der Waals surface area contributed by atoms with Gasteiger partial charge in [-0.2, -0.15) is 0 Å². The Bertz CT molecular complexity index is 568. The van der Waals surface area contributed by atoms with Crippen molar-refractivity contribution in [3.05, 3.63) is 29.0 Å². The Morgan fingerprint density at radius 1 is 1.50 bits per heavy atom. The van der Waals surface area contributed by atoms with Crippen molar-refractivity contribution in [3.8, 4) is 0 Å². The van der Waals surface area contributed by atoms with Crippen LogP contribution in [0.2, 0.25) is 5.02 Å². The highest BCUT2D eigenvalue weighted by molar-refractivity contribution is 6.33. The summed E-state index contributed by atoms with van der Waals surface area (Å²) in [4.78, 5) is 25.5. The molecule has 1 unspecified atom stereocenters. The molecule has 1 aromatic carbocycles. The summed E-state index contributed by atoms with van der Waals surface area (Å²) in [6.07, 6.45) is 1.01. The lowest BCUT2D eigenvalue weighted by Gasteiger charge is -2.31. The SMILES string of the molecule is CCOC(=O)N1CCCC(C(=O)Nc2ccc(F)cc2Cl)C1. The van der Waals surface area contributed by atoms with Gasteiger partial charge < -0.3 is 15.0 Å². The lowest BCUT2D eigenvalue weighted by Crippen LogP contribution is -2.44. The smallest absolute Gasteiger partial charge is 0.409 e. The van der Waals surface area contributed by atoms with Crippen molar-refractivity contribution >= 4 is 29.3 Å². The lowest BCUT2D eigenvalue weighted by atomic mass is 9.97. The minimum Gasteiger partial charge on any atom is -0.450 e. The molecule has 120 valence electrons. The Hall–Kier alpha value is -1.82. The second-order valence-corrected chi connectivity index (χ2v) is 5.50. The van der Waals surface area contributed by atoms with Crippen molar-refractivity contribution in [2.45, 2.75) is 19.8 Å². The number of amides is 2. The van der Waals surface area contributed by atoms with E-state index in [4.69, 9.17) is 16.3 Å². The van der Waals surface area contributed by atoms with E-state index in [1.165, 1.54) is 17.0 Å². The molecule has 2 rings (SSSR count). The number of nitrogens with one attached hydrogen (secondary N) is 1. The van der Waals surface area contributed by atoms with Crippen molar-refractivity contribution < 1.29 is 18.7 Å². The maximum atomic E-state index is 13.0. The number of rotatable bonds is 3. The van der Waals surface area contributed by atoms with Crippen LogP contribution in [0.25, 0.3) is 0 Å². The maximum Gasteiger partial charge on any atom is 0.409 e. The van der Waals surface area contributed by atoms with Crippen molar-refractivity contribution in [2.75, 3.05) is 25.0 Å². The zero-order chi connectivity index (χ0) is 16.1. The van der Waals surface area contributed by atoms with E-state index >= 15 is 0 Å². The van der Waals surface area contributed by atoms with Gasteiger partial charge in [0.05, 0.1) is 23.2 Å². The molecular formula is C15H18ClFN2O3. The normalized spacial score (nSPS) is 18.0. The van der Waals surface area contributed by atoms with E-state index in [1.807, 2.05) is 0 Å². The zero-order valence-electron chi connectivity index (χ0n) is 12.3. The molecule has 22 heavy (non-hydrogen) atoms. The van der Waals surface area contributed by atoms with Crippen LogP contribution in [-0.2, 0) is 9.53 Å². The van der Waals surface area contributed by atoms with Crippen LogP contribution in [0.15, 0.2) is 18.2 Å². The van der Waals surface area contributed by atoms with E-state index in [-0.39, 0.29) is 16.8 Å². The average molecular weight is 329 g/mol. The number of benzene rings is 1. The van der Waals surface area contributed by atoms with Crippen LogP contribution in [0, 0.1) is 11.7 Å². The lowest BCUT2D eigenvalue weighted by molar-refractivity contribution is -0.121. The Kier molecular flexibility index (Phi) is 5.60. The van der Waals surface area contributed by atoms with Gasteiger partial charge in [0.15, 0.2) is 0 Å². The second-order valence-electron chi connectivity index (χ2n) is 5.10. The van der Waals surface area contributed by atoms with Crippen LogP contribution in [0.1, 0.15) is 19.8 Å². The van der Waals surface area contributed by atoms with E-state index < -0.39 is 11.9 Å². The molecule has 0 radical (unpaired) electrons. The maximum absolute atomic E-state index is 13.0. The molecular weight excluding hydrogens is 311 g/mol. The highest BCUT2D eigenvalue weighted by Crippen LogP contribution is 2.25. The average Bonchev–Trinajstić information content (AvgIpc) is 2.50. The first kappa shape index (κ1) is 16.5. The quantitative estimate of drug-likeness (QED) is 0.926. The topological polar surface area (TPSA) is 58.6 Å². The first-order valence-electron chi connectivity index (χ1n) is 7.19. The number of halogens is 2. The fourth-order valence-electron chi connectivity index (χ4n) is 2.40. The third-order valence-electron chi connectivity index (χ3n) is 3.51. The van der Waals surface area contributed by atoms with Crippen LogP contribution in [0.5, 0.6) is 0 Å². The number of nitrogens with zero attached hydrogens (tertiary/aromatic N) is 1. The third-order valence-corrected chi connectivity index (χ3v) is 3.82. The Labute approximate surface area is 133 Å². The zero-order valence-corrected chi connectivity index (χ0v) is 13.0. The molecule has 5 nitrogen and oxygen atoms in total. The molecule has 0 saturated carbocycles. The van der Waals surface area contributed by atoms with Gasteiger partial charge in [-0.3, -0.25) is 4.79 Å². The molecule has 1 aliphatic heterocycles. The van der Waals surface area contributed by atoms with Crippen molar-refractivity contribution in [3.63, 3.8) is 0 Å². The van der Waals surface area contributed by atoms with Crippen LogP contribution in [-0.4, -0.2) is 36.6 Å². The van der Waals surface area contributed by atoms with Crippen LogP contribution in [0.4, 0.5) is 14.9 Å². The van der Waals surface area contributed by atoms with E-state index in [2.05, 4.69) is 5.32 Å². The number of piperidine rings is 1. The monoisotopic (exact) mass is 328 g/mol. The fourth-order valence-corrected chi connectivity index (χ4v) is 2.61. The van der Waals surface area contributed by atoms with E-state index in [1.54, 1.807) is 6.92 Å². The van der Waals surface area contributed by atoms with E-state index in [9.17, 15) is 14.0 Å². The van der Waals surface area contributed by atoms with Gasteiger partial charge in [-0.25, -0.2) is 9.18 Å². The van der Waals surface area contributed by atoms with Gasteiger partial charge in [-0.05, 0) is 38.0 Å². The molecule has 0 bridgehead atoms. The summed E-state index contributed by atoms with van der Waals surface area (Å²) < 4.78 is 17.9. The van der Waals surface area contributed by atoms with Gasteiger partial charge in [-0.15, -0.1) is 0 Å². The van der Waals surface area contributed by atoms with E-state index in [0.717, 1.165) is 12.5 Å². The fraction of sp³-hybridized carbons (Fsp3) is 0.467. The molecule has 1 heterocycles. The van der Waals surface area contributed by atoms with Gasteiger partial charge >= 0.3 is 6.09 Å². The number of carbonyl (C=O) groups is 2. The standard InChI is InChI=1S/C15H18ClFN2O3/c1-2-22-15(21)19-7-3-4-10(9-19)14(20)18-13-6-5-11(17)8-12(13)16/h5-6,8,10H,2-4,7,9H2,1H3,(H,18,20). The predicted molar refractivity (Wildman–Crippen MR) is 81.4 cm³/mol. The highest BCUT2D eigenvalue weighted by Gasteiger charge is 2.29. The number of likely N-dealkylation sites (tertiary alicyclic amines) is 1. The Balaban J connectivity index is 1.98. The summed E-state index contributed by atoms with van der Waals surface area (Å²) in [6, 6.07) is 3.79. The summed E-state index contributed by atoms with van der Waals surface area (Å²) >= 11 is 5.89. The van der Waals surface area contributed by atoms with Gasteiger partial charge in [0.25, 0.3) is 0 Å². The number of hydrogen-bond donors (Lipinski definition) is 1. The highest BCUT2D eigenvalue weighted by atomic mass is 35.5. The number of carbonyl (C=O) groups excluding carboxylic acids is 2. The molecule has 1 aliphatic rings. The molecule has 0 aliphatic carbocycles. The van der Waals surface area contributed by atoms with E-state index in [0.29, 0.717) is 31.8 Å². The number of hydrogen-bond acceptors (Lipinski definition) is 3. The van der Waals surface area contributed by atoms with Crippen molar-refractivity contribution in [1.82, 2.24) is 4.90 Å². The molecule has 1 fully saturated rings. The first-order valence-corrected chi connectivity index (χ1v) is 7.56. The Morgan fingerprint density at radius 3 is 2.95 bits per heavy atom. The van der Waals surface area contributed by atoms with Gasteiger partial charge in [0.2, 0.25) is 5.91 Å². The summed E-state index contributed by atoms with van der Waals surface area (Å²) in [6.45, 7) is 2.93. The van der Waals surface area contributed by atoms with Crippen LogP contribution < -0.4 is 5.32 Å². The molecule has 2 amide bonds. The molecule has 7 heteroatoms. The van der Waals surface area contributed by atoms with Crippen LogP contribution in [0.3, 0.4) is 0 Å². The predicted octanol–water partition coefficient (Wildman–Crippen LogP) is 3.29. The summed E-state index contributed by atoms with van der Waals surface area (Å²) in [5.74, 6) is -1.03. The largest absolute Gasteiger partial charge is 0.450 e. The number of anilines is 1. The molecule has 1 saturated heterocycles. The van der Waals surface area contributed by atoms with Crippen LogP contribution >= 0.6 is 11.6 Å². The Morgan fingerprint density at radius 2 is 2.27 bits per heavy atom. The summed E-state index contributed by atoms with van der Waals surface area (Å²) in [7, 11) is 0. The third kappa shape index (κ3) is 4.10. The molecule has 0 aromatic heterocycles. The first-order chi connectivity index (χ1) is 10.5. The van der Waals surface area contributed by atoms with Gasteiger partial charge in [0.1, 0.15) is 5.82 Å².